The Morgan fingerprint density at radius 3 is 2.56 bits per heavy atom. The van der Waals surface area contributed by atoms with Gasteiger partial charge < -0.3 is 9.80 Å². The number of carbonyl (C=O) groups is 1. The Morgan fingerprint density at radius 1 is 1.16 bits per heavy atom. The van der Waals surface area contributed by atoms with E-state index in [9.17, 15) is 10.1 Å². The highest BCUT2D eigenvalue weighted by atomic mass is 16.2. The number of aromatic nitrogens is 1. The molecule has 1 aliphatic heterocycles. The van der Waals surface area contributed by atoms with Crippen molar-refractivity contribution in [2.45, 2.75) is 0 Å². The first-order valence-electron chi connectivity index (χ1n) is 8.33. The number of piperazine rings is 1. The van der Waals surface area contributed by atoms with Crippen LogP contribution in [0.3, 0.4) is 0 Å². The third-order valence-electron chi connectivity index (χ3n) is 4.46. The summed E-state index contributed by atoms with van der Waals surface area (Å²) in [6.45, 7) is 3.46. The van der Waals surface area contributed by atoms with Crippen LogP contribution in [0.4, 0.5) is 11.5 Å². The van der Waals surface area contributed by atoms with Gasteiger partial charge in [-0.2, -0.15) is 5.26 Å². The van der Waals surface area contributed by atoms with Gasteiger partial charge in [0.2, 0.25) is 5.91 Å². The maximum absolute atomic E-state index is 12.5. The number of amides is 1. The van der Waals surface area contributed by atoms with Gasteiger partial charge in [-0.1, -0.05) is 18.2 Å². The van der Waals surface area contributed by atoms with Gasteiger partial charge in [-0.15, -0.1) is 0 Å². The molecule has 1 saturated heterocycles. The zero-order valence-corrected chi connectivity index (χ0v) is 14.3. The molecule has 1 fully saturated rings. The van der Waals surface area contributed by atoms with Gasteiger partial charge in [-0.05, 0) is 24.3 Å². The molecule has 1 aliphatic rings. The third kappa shape index (κ3) is 3.95. The molecule has 128 valence electrons. The van der Waals surface area contributed by atoms with Crippen LogP contribution in [-0.2, 0) is 4.79 Å². The maximum Gasteiger partial charge on any atom is 0.240 e. The summed E-state index contributed by atoms with van der Waals surface area (Å²) in [7, 11) is 1.81. The van der Waals surface area contributed by atoms with E-state index in [4.69, 9.17) is 0 Å². The minimum absolute atomic E-state index is 0.0789. The van der Waals surface area contributed by atoms with E-state index in [0.717, 1.165) is 37.7 Å². The monoisotopic (exact) mass is 335 g/mol. The average Bonchev–Trinajstić information content (AvgIpc) is 2.68. The number of rotatable bonds is 4. The molecular weight excluding hydrogens is 314 g/mol. The van der Waals surface area contributed by atoms with Crippen LogP contribution in [0.1, 0.15) is 5.56 Å². The van der Waals surface area contributed by atoms with Crippen molar-refractivity contribution in [1.29, 1.82) is 5.26 Å². The largest absolute Gasteiger partial charge is 0.353 e. The number of nitrogens with zero attached hydrogens (tertiary/aromatic N) is 5. The van der Waals surface area contributed by atoms with Crippen LogP contribution in [0.15, 0.2) is 48.7 Å². The number of hydrogen-bond donors (Lipinski definition) is 0. The molecule has 25 heavy (non-hydrogen) atoms. The highest BCUT2D eigenvalue weighted by molar-refractivity contribution is 5.94. The van der Waals surface area contributed by atoms with Gasteiger partial charge in [0.05, 0.1) is 12.1 Å². The fourth-order valence-electron chi connectivity index (χ4n) is 2.95. The zero-order chi connectivity index (χ0) is 17.6. The number of para-hydroxylation sites is 1. The normalized spacial score (nSPS) is 14.8. The molecule has 1 amide bonds. The predicted molar refractivity (Wildman–Crippen MR) is 97.5 cm³/mol. The van der Waals surface area contributed by atoms with Crippen LogP contribution in [0.2, 0.25) is 0 Å². The van der Waals surface area contributed by atoms with E-state index in [1.54, 1.807) is 30.3 Å². The highest BCUT2D eigenvalue weighted by Gasteiger charge is 2.22. The van der Waals surface area contributed by atoms with Crippen molar-refractivity contribution in [3.63, 3.8) is 0 Å². The Labute approximate surface area is 147 Å². The Balaban J connectivity index is 1.56. The Bertz CT molecular complexity index is 763. The lowest BCUT2D eigenvalue weighted by atomic mass is 10.2. The van der Waals surface area contributed by atoms with E-state index in [-0.39, 0.29) is 5.91 Å². The van der Waals surface area contributed by atoms with Gasteiger partial charge in [0.25, 0.3) is 0 Å². The molecule has 0 bridgehead atoms. The molecular formula is C19H21N5O. The van der Waals surface area contributed by atoms with E-state index in [0.29, 0.717) is 12.1 Å². The molecule has 0 saturated carbocycles. The van der Waals surface area contributed by atoms with Crippen LogP contribution >= 0.6 is 0 Å². The van der Waals surface area contributed by atoms with Crippen molar-refractivity contribution in [2.75, 3.05) is 49.6 Å². The smallest absolute Gasteiger partial charge is 0.240 e. The Morgan fingerprint density at radius 2 is 1.88 bits per heavy atom. The molecule has 0 unspecified atom stereocenters. The minimum Gasteiger partial charge on any atom is -0.353 e. The van der Waals surface area contributed by atoms with Gasteiger partial charge in [0.15, 0.2) is 0 Å². The number of benzene rings is 1. The first kappa shape index (κ1) is 16.9. The fourth-order valence-corrected chi connectivity index (χ4v) is 2.95. The van der Waals surface area contributed by atoms with Crippen LogP contribution in [-0.4, -0.2) is 55.6 Å². The second kappa shape index (κ2) is 7.77. The molecule has 1 aromatic heterocycles. The second-order valence-corrected chi connectivity index (χ2v) is 6.04. The fraction of sp³-hybridized carbons (Fsp3) is 0.316. The van der Waals surface area contributed by atoms with Crippen molar-refractivity contribution < 1.29 is 4.79 Å². The molecule has 0 spiro atoms. The lowest BCUT2D eigenvalue weighted by Gasteiger charge is -2.35. The molecule has 0 radical (unpaired) electrons. The van der Waals surface area contributed by atoms with Crippen LogP contribution in [0.5, 0.6) is 0 Å². The standard InChI is InChI=1S/C19H21N5O/c1-22(17-7-3-2-4-8-17)18(25)15-23-10-12-24(13-11-23)19-16(14-20)6-5-9-21-19/h2-9H,10-13,15H2,1H3. The molecule has 1 aromatic carbocycles. The van der Waals surface area contributed by atoms with Gasteiger partial charge >= 0.3 is 0 Å². The zero-order valence-electron chi connectivity index (χ0n) is 14.3. The first-order chi connectivity index (χ1) is 12.2. The van der Waals surface area contributed by atoms with Crippen LogP contribution in [0, 0.1) is 11.3 Å². The van der Waals surface area contributed by atoms with Gasteiger partial charge in [-0.25, -0.2) is 4.98 Å². The number of anilines is 2. The summed E-state index contributed by atoms with van der Waals surface area (Å²) in [6.07, 6.45) is 1.71. The molecule has 2 aromatic rings. The van der Waals surface area contributed by atoms with Crippen molar-refractivity contribution in [3.8, 4) is 6.07 Å². The van der Waals surface area contributed by atoms with E-state index in [2.05, 4.69) is 20.9 Å². The van der Waals surface area contributed by atoms with Crippen molar-refractivity contribution in [1.82, 2.24) is 9.88 Å². The lowest BCUT2D eigenvalue weighted by Crippen LogP contribution is -2.50. The Kier molecular flexibility index (Phi) is 5.26. The molecule has 0 N–H and O–H groups in total. The molecule has 0 aliphatic carbocycles. The van der Waals surface area contributed by atoms with Crippen molar-refractivity contribution in [3.05, 3.63) is 54.2 Å². The number of likely N-dealkylation sites (N-methyl/N-ethyl adjacent to an activating group) is 1. The number of carbonyl (C=O) groups excluding carboxylic acids is 1. The number of pyridine rings is 1. The van der Waals surface area contributed by atoms with Crippen LogP contribution in [0.25, 0.3) is 0 Å². The first-order valence-corrected chi connectivity index (χ1v) is 8.33. The molecule has 2 heterocycles. The van der Waals surface area contributed by atoms with Gasteiger partial charge in [-0.3, -0.25) is 9.69 Å². The van der Waals surface area contributed by atoms with E-state index in [1.807, 2.05) is 30.3 Å². The molecule has 6 nitrogen and oxygen atoms in total. The summed E-state index contributed by atoms with van der Waals surface area (Å²) in [4.78, 5) is 22.8. The van der Waals surface area contributed by atoms with Crippen LogP contribution < -0.4 is 9.80 Å². The van der Waals surface area contributed by atoms with E-state index in [1.165, 1.54) is 0 Å². The summed E-state index contributed by atoms with van der Waals surface area (Å²) in [5.74, 6) is 0.813. The minimum atomic E-state index is 0.0789. The third-order valence-corrected chi connectivity index (χ3v) is 4.46. The van der Waals surface area contributed by atoms with E-state index < -0.39 is 0 Å². The molecule has 3 rings (SSSR count). The maximum atomic E-state index is 12.5. The quantitative estimate of drug-likeness (QED) is 0.852. The van der Waals surface area contributed by atoms with Crippen molar-refractivity contribution >= 4 is 17.4 Å². The average molecular weight is 335 g/mol. The SMILES string of the molecule is CN(C(=O)CN1CCN(c2ncccc2C#N)CC1)c1ccccc1. The topological polar surface area (TPSA) is 63.5 Å². The Hall–Kier alpha value is -2.91. The number of hydrogen-bond acceptors (Lipinski definition) is 5. The van der Waals surface area contributed by atoms with Crippen molar-refractivity contribution in [2.24, 2.45) is 0 Å². The summed E-state index contributed by atoms with van der Waals surface area (Å²) in [5, 5.41) is 9.21. The summed E-state index contributed by atoms with van der Waals surface area (Å²) in [5.41, 5.74) is 1.49. The van der Waals surface area contributed by atoms with Gasteiger partial charge in [0.1, 0.15) is 11.9 Å². The summed E-state index contributed by atoms with van der Waals surface area (Å²) in [6, 6.07) is 15.4. The summed E-state index contributed by atoms with van der Waals surface area (Å²) < 4.78 is 0. The predicted octanol–water partition coefficient (Wildman–Crippen LogP) is 1.74. The van der Waals surface area contributed by atoms with Gasteiger partial charge in [0, 0.05) is 45.1 Å². The molecule has 0 atom stereocenters. The number of nitriles is 1. The second-order valence-electron chi connectivity index (χ2n) is 6.04. The molecule has 6 heteroatoms. The van der Waals surface area contributed by atoms with E-state index >= 15 is 0 Å². The highest BCUT2D eigenvalue weighted by Crippen LogP contribution is 2.18. The lowest BCUT2D eigenvalue weighted by molar-refractivity contribution is -0.119. The summed E-state index contributed by atoms with van der Waals surface area (Å²) >= 11 is 0.